The van der Waals surface area contributed by atoms with E-state index in [0.29, 0.717) is 22.3 Å². The van der Waals surface area contributed by atoms with Gasteiger partial charge in [0, 0.05) is 11.3 Å². The molecule has 0 unspecified atom stereocenters. The number of H-pyrrole nitrogens is 1. The quantitative estimate of drug-likeness (QED) is 0.615. The summed E-state index contributed by atoms with van der Waals surface area (Å²) in [6.45, 7) is 1.68. The fourth-order valence-electron chi connectivity index (χ4n) is 1.99. The maximum atomic E-state index is 10.9. The molecule has 3 rings (SSSR count). The summed E-state index contributed by atoms with van der Waals surface area (Å²) in [4.78, 5) is 14.9. The standard InChI is InChI=1S/C14H13N5O3S/c1-8-11(17-14(20)21)12(22-19-8)10-4-2-9(3-5-10)6-23-13-15-7-16-18-13/h2-5,7,17H,6H2,1H3,(H,20,21)(H,15,16,18). The van der Waals surface area contributed by atoms with Crippen LogP contribution in [0.1, 0.15) is 11.3 Å². The molecule has 3 N–H and O–H groups in total. The number of thioether (sulfide) groups is 1. The molecule has 0 fully saturated rings. The number of aromatic amines is 1. The van der Waals surface area contributed by atoms with Crippen molar-refractivity contribution in [2.45, 2.75) is 17.8 Å². The average molecular weight is 331 g/mol. The molecule has 1 amide bonds. The lowest BCUT2D eigenvalue weighted by molar-refractivity contribution is 0.209. The molecule has 2 heterocycles. The van der Waals surface area contributed by atoms with Crippen LogP contribution >= 0.6 is 11.8 Å². The molecule has 0 aliphatic carbocycles. The van der Waals surface area contributed by atoms with Crippen molar-refractivity contribution in [1.29, 1.82) is 0 Å². The number of carbonyl (C=O) groups is 1. The van der Waals surface area contributed by atoms with E-state index in [9.17, 15) is 4.79 Å². The first-order valence-electron chi connectivity index (χ1n) is 6.67. The normalized spacial score (nSPS) is 10.7. The Hall–Kier alpha value is -2.81. The van der Waals surface area contributed by atoms with Crippen molar-refractivity contribution in [2.24, 2.45) is 0 Å². The number of rotatable bonds is 5. The zero-order valence-corrected chi connectivity index (χ0v) is 12.9. The molecule has 0 aliphatic rings. The largest absolute Gasteiger partial charge is 0.465 e. The molecule has 1 aromatic carbocycles. The van der Waals surface area contributed by atoms with Crippen molar-refractivity contribution in [1.82, 2.24) is 20.3 Å². The molecule has 2 aromatic heterocycles. The van der Waals surface area contributed by atoms with Crippen LogP contribution in [0.5, 0.6) is 0 Å². The summed E-state index contributed by atoms with van der Waals surface area (Å²) in [7, 11) is 0. The minimum absolute atomic E-state index is 0.361. The van der Waals surface area contributed by atoms with Crippen LogP contribution in [0.3, 0.4) is 0 Å². The highest BCUT2D eigenvalue weighted by Crippen LogP contribution is 2.31. The molecule has 0 saturated heterocycles. The fraction of sp³-hybridized carbons (Fsp3) is 0.143. The van der Waals surface area contributed by atoms with Crippen LogP contribution in [-0.4, -0.2) is 31.5 Å². The van der Waals surface area contributed by atoms with E-state index in [-0.39, 0.29) is 0 Å². The Labute approximate surface area is 135 Å². The van der Waals surface area contributed by atoms with E-state index in [2.05, 4.69) is 25.7 Å². The van der Waals surface area contributed by atoms with Crippen LogP contribution in [0.4, 0.5) is 10.5 Å². The SMILES string of the molecule is Cc1noc(-c2ccc(CSc3nc[nH]n3)cc2)c1NC(=O)O. The van der Waals surface area contributed by atoms with Gasteiger partial charge >= 0.3 is 6.09 Å². The van der Waals surface area contributed by atoms with E-state index < -0.39 is 6.09 Å². The van der Waals surface area contributed by atoms with Gasteiger partial charge in [-0.25, -0.2) is 9.78 Å². The lowest BCUT2D eigenvalue weighted by Crippen LogP contribution is -2.08. The molecule has 0 radical (unpaired) electrons. The summed E-state index contributed by atoms with van der Waals surface area (Å²) in [5, 5.41) is 22.3. The summed E-state index contributed by atoms with van der Waals surface area (Å²) in [6, 6.07) is 7.61. The molecule has 9 heteroatoms. The van der Waals surface area contributed by atoms with Gasteiger partial charge in [0.15, 0.2) is 5.76 Å². The number of amides is 1. The Morgan fingerprint density at radius 1 is 1.39 bits per heavy atom. The zero-order valence-electron chi connectivity index (χ0n) is 12.1. The minimum atomic E-state index is -1.16. The Morgan fingerprint density at radius 3 is 2.83 bits per heavy atom. The van der Waals surface area contributed by atoms with Gasteiger partial charge in [-0.15, -0.1) is 5.10 Å². The number of hydrogen-bond donors (Lipinski definition) is 3. The first-order valence-corrected chi connectivity index (χ1v) is 7.66. The predicted molar refractivity (Wildman–Crippen MR) is 84.3 cm³/mol. The lowest BCUT2D eigenvalue weighted by Gasteiger charge is -2.04. The van der Waals surface area contributed by atoms with Crippen molar-refractivity contribution in [2.75, 3.05) is 5.32 Å². The van der Waals surface area contributed by atoms with Crippen LogP contribution in [0.2, 0.25) is 0 Å². The third kappa shape index (κ3) is 3.51. The molecule has 118 valence electrons. The average Bonchev–Trinajstić information content (AvgIpc) is 3.17. The van der Waals surface area contributed by atoms with Gasteiger partial charge in [0.05, 0.1) is 0 Å². The number of nitrogens with zero attached hydrogens (tertiary/aromatic N) is 3. The number of carboxylic acid groups (broad SMARTS) is 1. The summed E-state index contributed by atoms with van der Waals surface area (Å²) >= 11 is 1.52. The van der Waals surface area contributed by atoms with E-state index in [0.717, 1.165) is 16.9 Å². The molecule has 23 heavy (non-hydrogen) atoms. The molecule has 0 saturated carbocycles. The first-order chi connectivity index (χ1) is 11.1. The lowest BCUT2D eigenvalue weighted by atomic mass is 10.1. The maximum Gasteiger partial charge on any atom is 0.409 e. The predicted octanol–water partition coefficient (Wildman–Crippen LogP) is 3.15. The molecular formula is C14H13N5O3S. The number of aryl methyl sites for hydroxylation is 1. The highest BCUT2D eigenvalue weighted by Gasteiger charge is 2.16. The van der Waals surface area contributed by atoms with Crippen molar-refractivity contribution >= 4 is 23.5 Å². The summed E-state index contributed by atoms with van der Waals surface area (Å²) in [5.74, 6) is 1.13. The van der Waals surface area contributed by atoms with E-state index in [1.54, 1.807) is 6.92 Å². The van der Waals surface area contributed by atoms with Gasteiger partial charge in [-0.3, -0.25) is 10.4 Å². The topological polar surface area (TPSA) is 117 Å². The van der Waals surface area contributed by atoms with E-state index >= 15 is 0 Å². The molecule has 0 spiro atoms. The number of nitrogens with one attached hydrogen (secondary N) is 2. The summed E-state index contributed by atoms with van der Waals surface area (Å²) in [5.41, 5.74) is 2.69. The van der Waals surface area contributed by atoms with E-state index in [1.807, 2.05) is 24.3 Å². The molecule has 0 aliphatic heterocycles. The first kappa shape index (κ1) is 15.1. The third-order valence-corrected chi connectivity index (χ3v) is 4.00. The van der Waals surface area contributed by atoms with Crippen LogP contribution < -0.4 is 5.32 Å². The Morgan fingerprint density at radius 2 is 2.17 bits per heavy atom. The maximum absolute atomic E-state index is 10.9. The summed E-state index contributed by atoms with van der Waals surface area (Å²) in [6.07, 6.45) is 0.381. The van der Waals surface area contributed by atoms with Gasteiger partial charge in [0.25, 0.3) is 0 Å². The van der Waals surface area contributed by atoms with Gasteiger partial charge in [0.1, 0.15) is 17.7 Å². The highest BCUT2D eigenvalue weighted by molar-refractivity contribution is 7.98. The zero-order chi connectivity index (χ0) is 16.2. The van der Waals surface area contributed by atoms with Crippen LogP contribution in [0.15, 0.2) is 40.3 Å². The summed E-state index contributed by atoms with van der Waals surface area (Å²) < 4.78 is 5.24. The Balaban J connectivity index is 1.75. The van der Waals surface area contributed by atoms with Crippen LogP contribution in [-0.2, 0) is 5.75 Å². The Bertz CT molecular complexity index is 798. The van der Waals surface area contributed by atoms with Gasteiger partial charge in [-0.2, -0.15) is 0 Å². The molecule has 3 aromatic rings. The van der Waals surface area contributed by atoms with Crippen LogP contribution in [0.25, 0.3) is 11.3 Å². The minimum Gasteiger partial charge on any atom is -0.465 e. The van der Waals surface area contributed by atoms with Crippen molar-refractivity contribution in [3.05, 3.63) is 41.9 Å². The monoisotopic (exact) mass is 331 g/mol. The molecule has 0 atom stereocenters. The number of benzene rings is 1. The molecular weight excluding hydrogens is 318 g/mol. The van der Waals surface area contributed by atoms with Crippen molar-refractivity contribution in [3.8, 4) is 11.3 Å². The van der Waals surface area contributed by atoms with Crippen molar-refractivity contribution in [3.63, 3.8) is 0 Å². The van der Waals surface area contributed by atoms with Crippen LogP contribution in [0, 0.1) is 6.92 Å². The molecule has 8 nitrogen and oxygen atoms in total. The third-order valence-electron chi connectivity index (χ3n) is 3.07. The number of anilines is 1. The fourth-order valence-corrected chi connectivity index (χ4v) is 2.72. The second-order valence-electron chi connectivity index (χ2n) is 4.67. The number of hydrogen-bond acceptors (Lipinski definition) is 6. The van der Waals surface area contributed by atoms with Gasteiger partial charge < -0.3 is 9.63 Å². The second-order valence-corrected chi connectivity index (χ2v) is 5.61. The van der Waals surface area contributed by atoms with Crippen molar-refractivity contribution < 1.29 is 14.4 Å². The van der Waals surface area contributed by atoms with Gasteiger partial charge in [-0.1, -0.05) is 41.2 Å². The highest BCUT2D eigenvalue weighted by atomic mass is 32.2. The second kappa shape index (κ2) is 6.53. The number of aromatic nitrogens is 4. The van der Waals surface area contributed by atoms with Gasteiger partial charge in [-0.05, 0) is 12.5 Å². The van der Waals surface area contributed by atoms with E-state index in [4.69, 9.17) is 9.63 Å². The van der Waals surface area contributed by atoms with E-state index in [1.165, 1.54) is 18.1 Å². The van der Waals surface area contributed by atoms with Gasteiger partial charge in [0.2, 0.25) is 5.16 Å². The molecule has 0 bridgehead atoms. The Kier molecular flexibility index (Phi) is 4.29. The smallest absolute Gasteiger partial charge is 0.409 e.